The summed E-state index contributed by atoms with van der Waals surface area (Å²) in [7, 11) is 1.42. The van der Waals surface area contributed by atoms with Gasteiger partial charge in [-0.3, -0.25) is 24.1 Å². The van der Waals surface area contributed by atoms with Crippen molar-refractivity contribution in [3.63, 3.8) is 0 Å². The molecule has 0 aromatic carbocycles. The maximum Gasteiger partial charge on any atom is 0.408 e. The van der Waals surface area contributed by atoms with Crippen LogP contribution in [0.15, 0.2) is 12.2 Å². The fourth-order valence-electron chi connectivity index (χ4n) is 4.43. The topological polar surface area (TPSA) is 137 Å². The van der Waals surface area contributed by atoms with E-state index in [4.69, 9.17) is 4.74 Å². The molecular weight excluding hydrogens is 456 g/mol. The minimum atomic E-state index is -1.31. The smallest absolute Gasteiger partial charge is 0.408 e. The van der Waals surface area contributed by atoms with Crippen LogP contribution in [0.2, 0.25) is 0 Å². The lowest BCUT2D eigenvalue weighted by Gasteiger charge is -2.37. The molecular formula is C24H38N4O7. The number of carbonyl (C=O) groups excluding carboxylic acids is 5. The number of amides is 5. The van der Waals surface area contributed by atoms with Gasteiger partial charge in [-0.25, -0.2) is 4.79 Å². The lowest BCUT2D eigenvalue weighted by Crippen LogP contribution is -2.59. The molecule has 1 saturated heterocycles. The van der Waals surface area contributed by atoms with Crippen molar-refractivity contribution in [2.24, 2.45) is 5.92 Å². The monoisotopic (exact) mass is 494 g/mol. The van der Waals surface area contributed by atoms with E-state index in [0.29, 0.717) is 19.4 Å². The van der Waals surface area contributed by atoms with Gasteiger partial charge >= 0.3 is 6.09 Å². The fraction of sp³-hybridized carbons (Fsp3) is 0.708. The minimum absolute atomic E-state index is 0.323. The SMILES string of the molecule is CC(C)[C@@H](C(=O)N1CCC[C@H]1C(=O)N1C(=O)C=C[C@H]1C)N(C)C(=O)[C@H](CO)NC(=O)OC(C)(C)C. The molecule has 0 unspecified atom stereocenters. The molecule has 5 amide bonds. The molecule has 2 aliphatic heterocycles. The third kappa shape index (κ3) is 6.59. The zero-order valence-electron chi connectivity index (χ0n) is 21.6. The largest absolute Gasteiger partial charge is 0.444 e. The van der Waals surface area contributed by atoms with Crippen LogP contribution in [0.4, 0.5) is 4.79 Å². The summed E-state index contributed by atoms with van der Waals surface area (Å²) in [5.41, 5.74) is -0.795. The van der Waals surface area contributed by atoms with Crippen molar-refractivity contribution >= 4 is 29.7 Å². The van der Waals surface area contributed by atoms with E-state index in [2.05, 4.69) is 5.32 Å². The Balaban J connectivity index is 2.19. The van der Waals surface area contributed by atoms with Gasteiger partial charge in [0.15, 0.2) is 0 Å². The number of nitrogens with zero attached hydrogens (tertiary/aromatic N) is 3. The number of ether oxygens (including phenoxy) is 1. The highest BCUT2D eigenvalue weighted by atomic mass is 16.6. The van der Waals surface area contributed by atoms with E-state index in [1.807, 2.05) is 0 Å². The first-order valence-corrected chi connectivity index (χ1v) is 11.9. The van der Waals surface area contributed by atoms with Crippen LogP contribution in [0.25, 0.3) is 0 Å². The summed E-state index contributed by atoms with van der Waals surface area (Å²) in [5, 5.41) is 12.1. The maximum atomic E-state index is 13.6. The second-order valence-corrected chi connectivity index (χ2v) is 10.4. The standard InChI is InChI=1S/C24H38N4O7/c1-14(2)19(26(7)20(31)16(13-29)25-23(34)35-24(4,5)6)22(33)27-12-8-9-17(27)21(32)28-15(3)10-11-18(28)30/h10-11,14-17,19,29H,8-9,12-13H2,1-7H3,(H,25,34)/t15-,16+,17+,19+/m1/s1. The van der Waals surface area contributed by atoms with E-state index < -0.39 is 60.1 Å². The number of likely N-dealkylation sites (N-methyl/N-ethyl adjacent to an activating group) is 1. The second kappa shape index (κ2) is 11.2. The summed E-state index contributed by atoms with van der Waals surface area (Å²) in [6.45, 7) is 9.91. The van der Waals surface area contributed by atoms with Crippen molar-refractivity contribution in [3.8, 4) is 0 Å². The molecule has 11 nitrogen and oxygen atoms in total. The van der Waals surface area contributed by atoms with Crippen molar-refractivity contribution in [2.45, 2.75) is 84.2 Å². The predicted octanol–water partition coefficient (Wildman–Crippen LogP) is 0.660. The van der Waals surface area contributed by atoms with E-state index in [9.17, 15) is 29.1 Å². The van der Waals surface area contributed by atoms with Crippen LogP contribution in [-0.2, 0) is 23.9 Å². The van der Waals surface area contributed by atoms with Crippen LogP contribution in [-0.4, -0.2) is 99.5 Å². The third-order valence-corrected chi connectivity index (χ3v) is 6.04. The number of rotatable bonds is 7. The summed E-state index contributed by atoms with van der Waals surface area (Å²) >= 11 is 0. The third-order valence-electron chi connectivity index (χ3n) is 6.04. The van der Waals surface area contributed by atoms with E-state index in [0.717, 1.165) is 4.90 Å². The van der Waals surface area contributed by atoms with Crippen LogP contribution in [0, 0.1) is 5.92 Å². The van der Waals surface area contributed by atoms with Gasteiger partial charge in [0.2, 0.25) is 11.8 Å². The summed E-state index contributed by atoms with van der Waals surface area (Å²) in [5.74, 6) is -2.27. The van der Waals surface area contributed by atoms with Gasteiger partial charge in [0.05, 0.1) is 12.6 Å². The lowest BCUT2D eigenvalue weighted by molar-refractivity contribution is -0.154. The number of alkyl carbamates (subject to hydrolysis) is 1. The number of likely N-dealkylation sites (tertiary alicyclic amines) is 1. The summed E-state index contributed by atoms with van der Waals surface area (Å²) in [6, 6.07) is -3.45. The summed E-state index contributed by atoms with van der Waals surface area (Å²) in [4.78, 5) is 68.0. The van der Waals surface area contributed by atoms with E-state index in [1.165, 1.54) is 22.9 Å². The number of aliphatic hydroxyl groups is 1. The Morgan fingerprint density at radius 1 is 1.26 bits per heavy atom. The van der Waals surface area contributed by atoms with Crippen molar-refractivity contribution in [3.05, 3.63) is 12.2 Å². The van der Waals surface area contributed by atoms with Crippen LogP contribution in [0.3, 0.4) is 0 Å². The van der Waals surface area contributed by atoms with E-state index >= 15 is 0 Å². The Labute approximate surface area is 206 Å². The van der Waals surface area contributed by atoms with Crippen molar-refractivity contribution in [1.82, 2.24) is 20.0 Å². The van der Waals surface area contributed by atoms with Gasteiger partial charge in [-0.1, -0.05) is 19.9 Å². The van der Waals surface area contributed by atoms with Gasteiger partial charge in [-0.05, 0) is 46.5 Å². The molecule has 4 atom stereocenters. The molecule has 0 radical (unpaired) electrons. The Kier molecular flexibility index (Phi) is 9.05. The Hall–Kier alpha value is -2.95. The first kappa shape index (κ1) is 28.3. The molecule has 2 N–H and O–H groups in total. The molecule has 1 fully saturated rings. The number of carbonyl (C=O) groups is 5. The second-order valence-electron chi connectivity index (χ2n) is 10.4. The summed E-state index contributed by atoms with van der Waals surface area (Å²) in [6.07, 6.45) is 3.13. The quantitative estimate of drug-likeness (QED) is 0.496. The maximum absolute atomic E-state index is 13.6. The highest BCUT2D eigenvalue weighted by Gasteiger charge is 2.44. The average molecular weight is 495 g/mol. The van der Waals surface area contributed by atoms with Gasteiger partial charge in [0, 0.05) is 19.7 Å². The Bertz CT molecular complexity index is 880. The van der Waals surface area contributed by atoms with Crippen molar-refractivity contribution < 1.29 is 33.8 Å². The van der Waals surface area contributed by atoms with Gasteiger partial charge in [-0.2, -0.15) is 0 Å². The fourth-order valence-corrected chi connectivity index (χ4v) is 4.43. The number of imide groups is 1. The van der Waals surface area contributed by atoms with E-state index in [1.54, 1.807) is 47.6 Å². The molecule has 0 aliphatic carbocycles. The summed E-state index contributed by atoms with van der Waals surface area (Å²) < 4.78 is 5.16. The molecule has 0 spiro atoms. The molecule has 0 aromatic rings. The molecule has 2 aliphatic rings. The van der Waals surface area contributed by atoms with Crippen LogP contribution >= 0.6 is 0 Å². The average Bonchev–Trinajstić information content (AvgIpc) is 3.36. The number of nitrogens with one attached hydrogen (secondary N) is 1. The highest BCUT2D eigenvalue weighted by Crippen LogP contribution is 2.26. The number of hydrogen-bond acceptors (Lipinski definition) is 7. The Morgan fingerprint density at radius 3 is 2.37 bits per heavy atom. The molecule has 11 heteroatoms. The first-order valence-electron chi connectivity index (χ1n) is 11.9. The highest BCUT2D eigenvalue weighted by molar-refractivity contribution is 6.06. The normalized spacial score (nSPS) is 21.8. The van der Waals surface area contributed by atoms with Gasteiger partial charge in [-0.15, -0.1) is 0 Å². The molecule has 0 aromatic heterocycles. The minimum Gasteiger partial charge on any atom is -0.444 e. The van der Waals surface area contributed by atoms with Gasteiger partial charge in [0.1, 0.15) is 23.7 Å². The Morgan fingerprint density at radius 2 is 1.89 bits per heavy atom. The molecule has 0 bridgehead atoms. The zero-order chi connectivity index (χ0) is 26.7. The van der Waals surface area contributed by atoms with E-state index in [-0.39, 0.29) is 12.0 Å². The van der Waals surface area contributed by atoms with Crippen LogP contribution in [0.1, 0.15) is 54.4 Å². The first-order chi connectivity index (χ1) is 16.2. The van der Waals surface area contributed by atoms with Gasteiger partial charge < -0.3 is 25.0 Å². The molecule has 35 heavy (non-hydrogen) atoms. The number of hydrogen-bond donors (Lipinski definition) is 2. The van der Waals surface area contributed by atoms with Crippen molar-refractivity contribution in [2.75, 3.05) is 20.2 Å². The lowest BCUT2D eigenvalue weighted by atomic mass is 9.99. The molecule has 196 valence electrons. The predicted molar refractivity (Wildman–Crippen MR) is 127 cm³/mol. The van der Waals surface area contributed by atoms with Crippen molar-refractivity contribution in [1.29, 1.82) is 0 Å². The van der Waals surface area contributed by atoms with Crippen LogP contribution < -0.4 is 5.32 Å². The molecule has 2 rings (SSSR count). The molecule has 0 saturated carbocycles. The van der Waals surface area contributed by atoms with Gasteiger partial charge in [0.25, 0.3) is 11.8 Å². The zero-order valence-corrected chi connectivity index (χ0v) is 21.6. The number of aliphatic hydroxyl groups excluding tert-OH is 1. The van der Waals surface area contributed by atoms with Crippen LogP contribution in [0.5, 0.6) is 0 Å². The molecule has 2 heterocycles.